The van der Waals surface area contributed by atoms with E-state index in [1.807, 2.05) is 68.4 Å². The predicted octanol–water partition coefficient (Wildman–Crippen LogP) is 7.06. The fourth-order valence-corrected chi connectivity index (χ4v) is 4.06. The second-order valence-electron chi connectivity index (χ2n) is 7.74. The van der Waals surface area contributed by atoms with E-state index in [9.17, 15) is 4.79 Å². The molecule has 3 aromatic carbocycles. The molecule has 0 fully saturated rings. The van der Waals surface area contributed by atoms with Gasteiger partial charge in [-0.05, 0) is 60.7 Å². The molecule has 0 saturated heterocycles. The summed E-state index contributed by atoms with van der Waals surface area (Å²) in [5.74, 6) is 1.70. The van der Waals surface area contributed by atoms with Gasteiger partial charge >= 0.3 is 0 Å². The van der Waals surface area contributed by atoms with E-state index in [1.165, 1.54) is 17.3 Å². The van der Waals surface area contributed by atoms with Gasteiger partial charge in [-0.3, -0.25) is 4.79 Å². The number of hydrogen-bond donors (Lipinski definition) is 0. The number of hydrogen-bond acceptors (Lipinski definition) is 4. The van der Waals surface area contributed by atoms with Gasteiger partial charge in [0.1, 0.15) is 5.75 Å². The lowest BCUT2D eigenvalue weighted by atomic mass is 9.99. The Morgan fingerprint density at radius 3 is 2.33 bits per heavy atom. The summed E-state index contributed by atoms with van der Waals surface area (Å²) >= 11 is 1.24. The maximum absolute atomic E-state index is 12.9. The minimum Gasteiger partial charge on any atom is -0.464 e. The molecule has 0 heterocycles. The second kappa shape index (κ2) is 10.6. The zero-order chi connectivity index (χ0) is 21.5. The summed E-state index contributed by atoms with van der Waals surface area (Å²) in [6.07, 6.45) is 0.609. The van der Waals surface area contributed by atoms with Gasteiger partial charge in [0.05, 0.1) is 11.9 Å². The maximum Gasteiger partial charge on any atom is 0.220 e. The van der Waals surface area contributed by atoms with E-state index in [1.54, 1.807) is 0 Å². The first-order valence-corrected chi connectivity index (χ1v) is 11.5. The average molecular weight is 423 g/mol. The van der Waals surface area contributed by atoms with Crippen LogP contribution in [0.5, 0.6) is 5.75 Å². The van der Waals surface area contributed by atoms with Crippen LogP contribution in [0.1, 0.15) is 56.0 Å². The molecule has 0 saturated carbocycles. The first-order valence-electron chi connectivity index (χ1n) is 10.5. The molecular weight excluding hydrogens is 392 g/mol. The van der Waals surface area contributed by atoms with Crippen molar-refractivity contribution in [1.82, 2.24) is 0 Å². The van der Waals surface area contributed by atoms with Crippen molar-refractivity contribution in [3.05, 3.63) is 77.9 Å². The van der Waals surface area contributed by atoms with Crippen molar-refractivity contribution in [2.24, 2.45) is 0 Å². The molecule has 0 aliphatic rings. The Morgan fingerprint density at radius 2 is 1.63 bits per heavy atom. The van der Waals surface area contributed by atoms with E-state index in [0.29, 0.717) is 11.7 Å². The Labute approximate surface area is 183 Å². The van der Waals surface area contributed by atoms with Gasteiger partial charge in [0.2, 0.25) is 11.4 Å². The van der Waals surface area contributed by atoms with Crippen LogP contribution in [0.15, 0.2) is 66.7 Å². The van der Waals surface area contributed by atoms with Crippen LogP contribution in [-0.2, 0) is 4.74 Å². The van der Waals surface area contributed by atoms with Crippen LogP contribution in [-0.4, -0.2) is 23.3 Å². The van der Waals surface area contributed by atoms with E-state index in [0.717, 1.165) is 28.5 Å². The molecule has 158 valence electrons. The smallest absolute Gasteiger partial charge is 0.220 e. The van der Waals surface area contributed by atoms with Crippen molar-refractivity contribution in [3.8, 4) is 5.75 Å². The minimum absolute atomic E-state index is 0.00245. The van der Waals surface area contributed by atoms with Crippen molar-refractivity contribution in [1.29, 1.82) is 0 Å². The zero-order valence-electron chi connectivity index (χ0n) is 18.1. The molecule has 30 heavy (non-hydrogen) atoms. The summed E-state index contributed by atoms with van der Waals surface area (Å²) in [7, 11) is 0. The van der Waals surface area contributed by atoms with Crippen molar-refractivity contribution >= 4 is 27.6 Å². The van der Waals surface area contributed by atoms with Gasteiger partial charge in [0.15, 0.2) is 0 Å². The summed E-state index contributed by atoms with van der Waals surface area (Å²) in [5, 5.41) is 2.07. The molecule has 3 rings (SSSR count). The molecular formula is C26H30O3S. The average Bonchev–Trinajstić information content (AvgIpc) is 2.76. The lowest BCUT2D eigenvalue weighted by molar-refractivity contribution is -0.0918. The van der Waals surface area contributed by atoms with Gasteiger partial charge < -0.3 is 9.47 Å². The van der Waals surface area contributed by atoms with E-state index >= 15 is 0 Å². The number of carbonyl (C=O) groups is 1. The molecule has 3 aromatic rings. The Balaban J connectivity index is 1.68. The quantitative estimate of drug-likeness (QED) is 0.346. The molecule has 0 bridgehead atoms. The van der Waals surface area contributed by atoms with Gasteiger partial charge in [-0.1, -0.05) is 74.1 Å². The van der Waals surface area contributed by atoms with E-state index in [4.69, 9.17) is 9.47 Å². The first kappa shape index (κ1) is 22.4. The zero-order valence-corrected chi connectivity index (χ0v) is 18.9. The Morgan fingerprint density at radius 1 is 0.933 bits per heavy atom. The number of carbonyl (C=O) groups excluding carboxylic acids is 1. The maximum atomic E-state index is 12.9. The van der Waals surface area contributed by atoms with Crippen molar-refractivity contribution < 1.29 is 14.3 Å². The molecule has 2 unspecified atom stereocenters. The third-order valence-electron chi connectivity index (χ3n) is 5.11. The molecule has 3 nitrogen and oxygen atoms in total. The standard InChI is InChI=1S/C26H30O3S/c1-5-19(4)20-13-15-22(16-14-20)29-25(28-18(2)3)17-30-26(27)24-12-8-10-21-9-6-7-11-23(21)24/h6-16,18-19,25H,5,17H2,1-4H3. The van der Waals surface area contributed by atoms with Crippen molar-refractivity contribution in [2.75, 3.05) is 5.75 Å². The van der Waals surface area contributed by atoms with E-state index in [2.05, 4.69) is 26.0 Å². The van der Waals surface area contributed by atoms with Crippen LogP contribution in [0, 0.1) is 0 Å². The molecule has 0 N–H and O–H groups in total. The summed E-state index contributed by atoms with van der Waals surface area (Å²) < 4.78 is 12.0. The van der Waals surface area contributed by atoms with E-state index in [-0.39, 0.29) is 11.2 Å². The van der Waals surface area contributed by atoms with Crippen molar-refractivity contribution in [3.63, 3.8) is 0 Å². The van der Waals surface area contributed by atoms with Crippen molar-refractivity contribution in [2.45, 2.75) is 52.4 Å². The Kier molecular flexibility index (Phi) is 7.94. The van der Waals surface area contributed by atoms with Gasteiger partial charge in [0, 0.05) is 5.56 Å². The molecule has 0 amide bonds. The highest BCUT2D eigenvalue weighted by molar-refractivity contribution is 8.14. The van der Waals surface area contributed by atoms with Crippen LogP contribution in [0.4, 0.5) is 0 Å². The van der Waals surface area contributed by atoms with Gasteiger partial charge in [-0.15, -0.1) is 0 Å². The molecule has 0 spiro atoms. The molecule has 0 aliphatic carbocycles. The number of thioether (sulfide) groups is 1. The molecule has 0 radical (unpaired) electrons. The van der Waals surface area contributed by atoms with Gasteiger partial charge in [0.25, 0.3) is 0 Å². The Bertz CT molecular complexity index is 960. The third-order valence-corrected chi connectivity index (χ3v) is 6.03. The first-order chi connectivity index (χ1) is 14.5. The van der Waals surface area contributed by atoms with Crippen LogP contribution < -0.4 is 4.74 Å². The highest BCUT2D eigenvalue weighted by atomic mass is 32.2. The highest BCUT2D eigenvalue weighted by Crippen LogP contribution is 2.26. The lowest BCUT2D eigenvalue weighted by Crippen LogP contribution is -2.27. The monoisotopic (exact) mass is 422 g/mol. The number of rotatable bonds is 9. The predicted molar refractivity (Wildman–Crippen MR) is 127 cm³/mol. The highest BCUT2D eigenvalue weighted by Gasteiger charge is 2.18. The van der Waals surface area contributed by atoms with Gasteiger partial charge in [-0.2, -0.15) is 0 Å². The van der Waals surface area contributed by atoms with Crippen LogP contribution in [0.25, 0.3) is 10.8 Å². The molecule has 4 heteroatoms. The summed E-state index contributed by atoms with van der Waals surface area (Å²) in [6, 6.07) is 21.9. The molecule has 2 atom stereocenters. The molecule has 0 aliphatic heterocycles. The number of benzene rings is 3. The Hall–Kier alpha value is -2.30. The third kappa shape index (κ3) is 5.87. The lowest BCUT2D eigenvalue weighted by Gasteiger charge is -2.22. The molecule has 0 aromatic heterocycles. The van der Waals surface area contributed by atoms with Crippen LogP contribution in [0.3, 0.4) is 0 Å². The van der Waals surface area contributed by atoms with Crippen LogP contribution in [0.2, 0.25) is 0 Å². The van der Waals surface area contributed by atoms with Crippen LogP contribution >= 0.6 is 11.8 Å². The SMILES string of the molecule is CCC(C)c1ccc(OC(CSC(=O)c2cccc3ccccc23)OC(C)C)cc1. The largest absolute Gasteiger partial charge is 0.464 e. The minimum atomic E-state index is -0.497. The van der Waals surface area contributed by atoms with Gasteiger partial charge in [-0.25, -0.2) is 0 Å². The van der Waals surface area contributed by atoms with E-state index < -0.39 is 6.29 Å². The summed E-state index contributed by atoms with van der Waals surface area (Å²) in [6.45, 7) is 8.35. The fourth-order valence-electron chi connectivity index (χ4n) is 3.29. The number of ether oxygens (including phenoxy) is 2. The fraction of sp³-hybridized carbons (Fsp3) is 0.346. The summed E-state index contributed by atoms with van der Waals surface area (Å²) in [5.41, 5.74) is 2.02. The summed E-state index contributed by atoms with van der Waals surface area (Å²) in [4.78, 5) is 12.9. The number of fused-ring (bicyclic) bond motifs is 1. The normalized spacial score (nSPS) is 13.4. The second-order valence-corrected chi connectivity index (χ2v) is 8.73. The topological polar surface area (TPSA) is 35.5 Å².